The molecule has 1 aliphatic heterocycles. The largest absolute Gasteiger partial charge is 0.494 e. The molecule has 2 aromatic heterocycles. The molecule has 31 heavy (non-hydrogen) atoms. The van der Waals surface area contributed by atoms with Crippen LogP contribution in [0.2, 0.25) is 0 Å². The molecule has 7 heteroatoms. The first-order valence-corrected chi connectivity index (χ1v) is 10.9. The van der Waals surface area contributed by atoms with Gasteiger partial charge < -0.3 is 15.0 Å². The average molecular weight is 420 g/mol. The van der Waals surface area contributed by atoms with Crippen molar-refractivity contribution in [3.63, 3.8) is 0 Å². The molecule has 0 unspecified atom stereocenters. The number of nitrogens with zero attached hydrogens (tertiary/aromatic N) is 4. The van der Waals surface area contributed by atoms with Gasteiger partial charge in [-0.25, -0.2) is 4.68 Å². The van der Waals surface area contributed by atoms with Crippen LogP contribution >= 0.6 is 0 Å². The van der Waals surface area contributed by atoms with E-state index in [1.807, 2.05) is 36.4 Å². The summed E-state index contributed by atoms with van der Waals surface area (Å²) in [6.45, 7) is 5.34. The predicted molar refractivity (Wildman–Crippen MR) is 121 cm³/mol. The van der Waals surface area contributed by atoms with E-state index in [0.717, 1.165) is 36.6 Å². The molecule has 1 N–H and O–H groups in total. The highest BCUT2D eigenvalue weighted by atomic mass is 16.5. The van der Waals surface area contributed by atoms with Crippen LogP contribution in [0.15, 0.2) is 61.2 Å². The number of nitrogens with one attached hydrogen (secondary N) is 1. The molecular weight excluding hydrogens is 390 g/mol. The van der Waals surface area contributed by atoms with Gasteiger partial charge in [0.05, 0.1) is 36.8 Å². The minimum Gasteiger partial charge on any atom is -0.494 e. The molecule has 1 aromatic carbocycles. The number of amides is 1. The van der Waals surface area contributed by atoms with Gasteiger partial charge in [-0.1, -0.05) is 6.07 Å². The first-order valence-electron chi connectivity index (χ1n) is 10.9. The summed E-state index contributed by atoms with van der Waals surface area (Å²) in [4.78, 5) is 18.8. The third-order valence-corrected chi connectivity index (χ3v) is 5.60. The molecule has 1 aliphatic rings. The number of hydrogen-bond donors (Lipinski definition) is 1. The third-order valence-electron chi connectivity index (χ3n) is 5.60. The Kier molecular flexibility index (Phi) is 6.94. The van der Waals surface area contributed by atoms with Crippen LogP contribution in [0, 0.1) is 0 Å². The maximum Gasteiger partial charge on any atom is 0.228 e. The molecule has 1 fully saturated rings. The summed E-state index contributed by atoms with van der Waals surface area (Å²) in [5.74, 6) is 0.759. The van der Waals surface area contributed by atoms with E-state index in [0.29, 0.717) is 11.7 Å². The molecule has 0 spiro atoms. The Labute approximate surface area is 183 Å². The highest BCUT2D eigenvalue weighted by molar-refractivity contribution is 5.91. The Bertz CT molecular complexity index is 971. The number of carbonyl (C=O) groups is 1. The van der Waals surface area contributed by atoms with Crippen LogP contribution in [0.25, 0.3) is 5.69 Å². The van der Waals surface area contributed by atoms with E-state index in [1.54, 1.807) is 29.5 Å². The Morgan fingerprint density at radius 3 is 2.84 bits per heavy atom. The van der Waals surface area contributed by atoms with Crippen LogP contribution in [0.3, 0.4) is 0 Å². The molecule has 1 atom stereocenters. The van der Waals surface area contributed by atoms with Crippen molar-refractivity contribution in [1.29, 1.82) is 0 Å². The normalized spacial score (nSPS) is 16.4. The van der Waals surface area contributed by atoms with E-state index >= 15 is 0 Å². The SMILES string of the molecule is C[C@@H]1CCCN1CCCOc1ccc(-n2cc(NC(=O)Cc3cccnc3)cn2)cc1. The highest BCUT2D eigenvalue weighted by Crippen LogP contribution is 2.18. The van der Waals surface area contributed by atoms with E-state index in [1.165, 1.54) is 19.4 Å². The number of carbonyl (C=O) groups excluding carboxylic acids is 1. The second-order valence-corrected chi connectivity index (χ2v) is 7.98. The lowest BCUT2D eigenvalue weighted by molar-refractivity contribution is -0.115. The molecule has 162 valence electrons. The topological polar surface area (TPSA) is 72.3 Å². The second kappa shape index (κ2) is 10.2. The van der Waals surface area contributed by atoms with Gasteiger partial charge in [-0.15, -0.1) is 0 Å². The van der Waals surface area contributed by atoms with Gasteiger partial charge >= 0.3 is 0 Å². The van der Waals surface area contributed by atoms with Gasteiger partial charge in [-0.3, -0.25) is 9.78 Å². The Balaban J connectivity index is 1.24. The van der Waals surface area contributed by atoms with Gasteiger partial charge in [0.1, 0.15) is 5.75 Å². The third kappa shape index (κ3) is 5.92. The Morgan fingerprint density at radius 2 is 2.10 bits per heavy atom. The number of anilines is 1. The lowest BCUT2D eigenvalue weighted by Crippen LogP contribution is -2.28. The minimum absolute atomic E-state index is 0.0976. The predicted octanol–water partition coefficient (Wildman–Crippen LogP) is 3.70. The van der Waals surface area contributed by atoms with Gasteiger partial charge in [-0.05, 0) is 68.6 Å². The number of aromatic nitrogens is 3. The molecule has 0 bridgehead atoms. The quantitative estimate of drug-likeness (QED) is 0.536. The van der Waals surface area contributed by atoms with Gasteiger partial charge in [0.2, 0.25) is 5.91 Å². The molecule has 0 saturated carbocycles. The first kappa shape index (κ1) is 21.1. The van der Waals surface area contributed by atoms with Crippen molar-refractivity contribution >= 4 is 11.6 Å². The van der Waals surface area contributed by atoms with Crippen LogP contribution in [0.5, 0.6) is 5.75 Å². The maximum atomic E-state index is 12.2. The fourth-order valence-corrected chi connectivity index (χ4v) is 3.90. The van der Waals surface area contributed by atoms with E-state index in [2.05, 4.69) is 27.2 Å². The zero-order valence-corrected chi connectivity index (χ0v) is 17.9. The van der Waals surface area contributed by atoms with E-state index in [-0.39, 0.29) is 12.3 Å². The van der Waals surface area contributed by atoms with Gasteiger partial charge in [-0.2, -0.15) is 5.10 Å². The standard InChI is InChI=1S/C24H29N5O2/c1-19-5-3-12-28(19)13-4-14-31-23-9-7-22(8-10-23)29-18-21(17-26-29)27-24(30)15-20-6-2-11-25-16-20/h2,6-11,16-19H,3-5,12-15H2,1H3,(H,27,30)/t19-/m1/s1. The van der Waals surface area contributed by atoms with E-state index in [9.17, 15) is 4.79 Å². The zero-order valence-electron chi connectivity index (χ0n) is 17.9. The molecular formula is C24H29N5O2. The van der Waals surface area contributed by atoms with E-state index in [4.69, 9.17) is 4.74 Å². The van der Waals surface area contributed by atoms with Crippen molar-refractivity contribution in [2.24, 2.45) is 0 Å². The molecule has 1 amide bonds. The fourth-order valence-electron chi connectivity index (χ4n) is 3.90. The Hall–Kier alpha value is -3.19. The molecule has 3 aromatic rings. The number of rotatable bonds is 9. The average Bonchev–Trinajstić information content (AvgIpc) is 3.41. The number of likely N-dealkylation sites (tertiary alicyclic amines) is 1. The summed E-state index contributed by atoms with van der Waals surface area (Å²) in [7, 11) is 0. The van der Waals surface area contributed by atoms with Crippen molar-refractivity contribution in [3.05, 3.63) is 66.7 Å². The summed E-state index contributed by atoms with van der Waals surface area (Å²) >= 11 is 0. The molecule has 4 rings (SSSR count). The number of ether oxygens (including phenoxy) is 1. The summed E-state index contributed by atoms with van der Waals surface area (Å²) in [6.07, 6.45) is 10.8. The number of pyridine rings is 1. The van der Waals surface area contributed by atoms with Gasteiger partial charge in [0.15, 0.2) is 0 Å². The lowest BCUT2D eigenvalue weighted by atomic mass is 10.2. The lowest BCUT2D eigenvalue weighted by Gasteiger charge is -2.20. The fraction of sp³-hybridized carbons (Fsp3) is 0.375. The minimum atomic E-state index is -0.0976. The zero-order chi connectivity index (χ0) is 21.5. The summed E-state index contributed by atoms with van der Waals surface area (Å²) in [5, 5.41) is 7.22. The highest BCUT2D eigenvalue weighted by Gasteiger charge is 2.19. The molecule has 1 saturated heterocycles. The monoisotopic (exact) mass is 419 g/mol. The van der Waals surface area contributed by atoms with Crippen molar-refractivity contribution in [2.75, 3.05) is 25.0 Å². The molecule has 3 heterocycles. The smallest absolute Gasteiger partial charge is 0.228 e. The number of benzene rings is 1. The van der Waals surface area contributed by atoms with Crippen molar-refractivity contribution in [1.82, 2.24) is 19.7 Å². The second-order valence-electron chi connectivity index (χ2n) is 7.98. The van der Waals surface area contributed by atoms with Crippen LogP contribution in [0.4, 0.5) is 5.69 Å². The van der Waals surface area contributed by atoms with Crippen molar-refractivity contribution in [3.8, 4) is 11.4 Å². The van der Waals surface area contributed by atoms with Crippen LogP contribution < -0.4 is 10.1 Å². The number of hydrogen-bond acceptors (Lipinski definition) is 5. The summed E-state index contributed by atoms with van der Waals surface area (Å²) < 4.78 is 7.62. The maximum absolute atomic E-state index is 12.2. The van der Waals surface area contributed by atoms with E-state index < -0.39 is 0 Å². The molecule has 7 nitrogen and oxygen atoms in total. The first-order chi connectivity index (χ1) is 15.2. The van der Waals surface area contributed by atoms with Gasteiger partial charge in [0.25, 0.3) is 0 Å². The Morgan fingerprint density at radius 1 is 1.23 bits per heavy atom. The summed E-state index contributed by atoms with van der Waals surface area (Å²) in [6, 6.07) is 12.2. The van der Waals surface area contributed by atoms with Crippen molar-refractivity contribution < 1.29 is 9.53 Å². The molecule has 0 aliphatic carbocycles. The van der Waals surface area contributed by atoms with Crippen LogP contribution in [-0.4, -0.2) is 51.3 Å². The summed E-state index contributed by atoms with van der Waals surface area (Å²) in [5.41, 5.74) is 2.44. The van der Waals surface area contributed by atoms with Gasteiger partial charge in [0, 0.05) is 25.0 Å². The molecule has 0 radical (unpaired) electrons. The van der Waals surface area contributed by atoms with Crippen LogP contribution in [-0.2, 0) is 11.2 Å². The van der Waals surface area contributed by atoms with Crippen LogP contribution in [0.1, 0.15) is 31.7 Å². The van der Waals surface area contributed by atoms with Crippen molar-refractivity contribution in [2.45, 2.75) is 38.6 Å².